The number of hydrogen-bond acceptors (Lipinski definition) is 3. The van der Waals surface area contributed by atoms with Gasteiger partial charge in [0.15, 0.2) is 11.0 Å². The van der Waals surface area contributed by atoms with Gasteiger partial charge in [0.25, 0.3) is 0 Å². The summed E-state index contributed by atoms with van der Waals surface area (Å²) in [6.07, 6.45) is 4.92. The van der Waals surface area contributed by atoms with E-state index < -0.39 is 5.97 Å². The van der Waals surface area contributed by atoms with Crippen molar-refractivity contribution in [2.75, 3.05) is 0 Å². The SMILES string of the molecule is NOC(=O)/C=C/c1ccc2[nH]c[n+](Cc3ccccc3)c2c1. The second-order valence-corrected chi connectivity index (χ2v) is 4.93. The molecule has 22 heavy (non-hydrogen) atoms. The van der Waals surface area contributed by atoms with Gasteiger partial charge in [0, 0.05) is 6.08 Å². The van der Waals surface area contributed by atoms with E-state index >= 15 is 0 Å². The second-order valence-electron chi connectivity index (χ2n) is 4.93. The maximum atomic E-state index is 11.1. The van der Waals surface area contributed by atoms with Crippen molar-refractivity contribution in [3.8, 4) is 0 Å². The van der Waals surface area contributed by atoms with Crippen LogP contribution in [0.5, 0.6) is 0 Å². The Morgan fingerprint density at radius 1 is 1.23 bits per heavy atom. The van der Waals surface area contributed by atoms with Gasteiger partial charge in [0.1, 0.15) is 6.54 Å². The number of aromatic amines is 1. The Kier molecular flexibility index (Phi) is 3.98. The molecule has 0 aliphatic heterocycles. The third kappa shape index (κ3) is 3.05. The molecule has 0 unspecified atom stereocenters. The van der Waals surface area contributed by atoms with E-state index in [1.807, 2.05) is 42.7 Å². The average molecular weight is 294 g/mol. The van der Waals surface area contributed by atoms with E-state index in [0.717, 1.165) is 23.1 Å². The van der Waals surface area contributed by atoms with E-state index in [2.05, 4.69) is 26.5 Å². The van der Waals surface area contributed by atoms with Crippen molar-refractivity contribution < 1.29 is 14.2 Å². The fraction of sp³-hybridized carbons (Fsp3) is 0.0588. The first-order valence-electron chi connectivity index (χ1n) is 6.89. The molecule has 1 heterocycles. The Morgan fingerprint density at radius 3 is 2.82 bits per heavy atom. The summed E-state index contributed by atoms with van der Waals surface area (Å²) in [5, 5.41) is 0. The Labute approximate surface area is 127 Å². The minimum Gasteiger partial charge on any atom is -0.370 e. The number of nitrogens with one attached hydrogen (secondary N) is 1. The van der Waals surface area contributed by atoms with Gasteiger partial charge < -0.3 is 4.84 Å². The molecule has 0 saturated carbocycles. The number of hydrogen-bond donors (Lipinski definition) is 2. The van der Waals surface area contributed by atoms with Gasteiger partial charge in [0.2, 0.25) is 6.33 Å². The van der Waals surface area contributed by atoms with Gasteiger partial charge in [-0.05, 0) is 29.3 Å². The van der Waals surface area contributed by atoms with Crippen molar-refractivity contribution in [1.29, 1.82) is 0 Å². The summed E-state index contributed by atoms with van der Waals surface area (Å²) in [6, 6.07) is 16.1. The molecule has 0 bridgehead atoms. The fourth-order valence-corrected chi connectivity index (χ4v) is 2.34. The van der Waals surface area contributed by atoms with Gasteiger partial charge in [-0.2, -0.15) is 5.90 Å². The maximum Gasteiger partial charge on any atom is 0.349 e. The van der Waals surface area contributed by atoms with Crippen molar-refractivity contribution in [2.45, 2.75) is 6.54 Å². The van der Waals surface area contributed by atoms with Gasteiger partial charge >= 0.3 is 5.97 Å². The van der Waals surface area contributed by atoms with E-state index in [9.17, 15) is 4.79 Å². The number of imidazole rings is 1. The van der Waals surface area contributed by atoms with Crippen LogP contribution in [0.1, 0.15) is 11.1 Å². The molecule has 0 amide bonds. The average Bonchev–Trinajstić information content (AvgIpc) is 2.96. The van der Waals surface area contributed by atoms with Crippen LogP contribution in [-0.2, 0) is 16.2 Å². The number of benzene rings is 2. The molecule has 0 aliphatic carbocycles. The molecule has 2 aromatic carbocycles. The molecule has 0 spiro atoms. The predicted molar refractivity (Wildman–Crippen MR) is 83.4 cm³/mol. The predicted octanol–water partition coefficient (Wildman–Crippen LogP) is 1.93. The minimum atomic E-state index is -0.577. The maximum absolute atomic E-state index is 11.1. The molecule has 0 fully saturated rings. The summed E-state index contributed by atoms with van der Waals surface area (Å²) in [5.41, 5.74) is 4.22. The lowest BCUT2D eigenvalue weighted by atomic mass is 10.1. The zero-order valence-corrected chi connectivity index (χ0v) is 11.9. The molecular weight excluding hydrogens is 278 g/mol. The highest BCUT2D eigenvalue weighted by molar-refractivity contribution is 5.87. The molecule has 110 valence electrons. The van der Waals surface area contributed by atoms with Crippen LogP contribution in [0.4, 0.5) is 0 Å². The van der Waals surface area contributed by atoms with Crippen molar-refractivity contribution in [1.82, 2.24) is 4.98 Å². The monoisotopic (exact) mass is 294 g/mol. The van der Waals surface area contributed by atoms with Crippen LogP contribution in [0.2, 0.25) is 0 Å². The molecule has 5 nitrogen and oxygen atoms in total. The first-order chi connectivity index (χ1) is 10.8. The molecule has 3 N–H and O–H groups in total. The molecule has 0 atom stereocenters. The molecule has 3 rings (SSSR count). The topological polar surface area (TPSA) is 72.0 Å². The van der Waals surface area contributed by atoms with Crippen molar-refractivity contribution in [3.05, 3.63) is 72.1 Å². The highest BCUT2D eigenvalue weighted by atomic mass is 16.7. The Hall–Kier alpha value is -2.92. The lowest BCUT2D eigenvalue weighted by Crippen LogP contribution is -2.32. The van der Waals surface area contributed by atoms with Crippen LogP contribution < -0.4 is 10.5 Å². The first-order valence-corrected chi connectivity index (χ1v) is 6.89. The number of fused-ring (bicyclic) bond motifs is 1. The van der Waals surface area contributed by atoms with Gasteiger partial charge in [-0.15, -0.1) is 0 Å². The molecule has 0 aliphatic rings. The number of H-pyrrole nitrogens is 1. The number of carbonyl (C=O) groups excluding carboxylic acids is 1. The van der Waals surface area contributed by atoms with Crippen molar-refractivity contribution in [3.63, 3.8) is 0 Å². The van der Waals surface area contributed by atoms with E-state index in [-0.39, 0.29) is 0 Å². The zero-order chi connectivity index (χ0) is 15.4. The summed E-state index contributed by atoms with van der Waals surface area (Å²) >= 11 is 0. The molecule has 5 heteroatoms. The van der Waals surface area contributed by atoms with Gasteiger partial charge in [-0.3, -0.25) is 0 Å². The lowest BCUT2D eigenvalue weighted by Gasteiger charge is -1.99. The summed E-state index contributed by atoms with van der Waals surface area (Å²) in [5.74, 6) is 4.23. The normalized spacial score (nSPS) is 11.1. The Balaban J connectivity index is 1.92. The van der Waals surface area contributed by atoms with Crippen LogP contribution in [0.15, 0.2) is 60.9 Å². The third-order valence-electron chi connectivity index (χ3n) is 3.43. The quantitative estimate of drug-likeness (QED) is 0.439. The fourth-order valence-electron chi connectivity index (χ4n) is 2.34. The van der Waals surface area contributed by atoms with Crippen molar-refractivity contribution in [2.24, 2.45) is 5.90 Å². The standard InChI is InChI=1S/C17H15N3O2/c18-22-17(21)9-7-13-6-8-15-16(10-13)20(12-19-15)11-14-4-2-1-3-5-14/h1-10,12H,11,18H2/p+1/b9-7+. The minimum absolute atomic E-state index is 0.577. The van der Waals surface area contributed by atoms with E-state index in [4.69, 9.17) is 5.90 Å². The Bertz CT molecular complexity index is 822. The summed E-state index contributed by atoms with van der Waals surface area (Å²) < 4.78 is 2.13. The van der Waals surface area contributed by atoms with Gasteiger partial charge in [-0.1, -0.05) is 36.4 Å². The largest absolute Gasteiger partial charge is 0.370 e. The molecule has 1 aromatic heterocycles. The van der Waals surface area contributed by atoms with E-state index in [1.165, 1.54) is 11.6 Å². The number of nitrogens with zero attached hydrogens (tertiary/aromatic N) is 1. The van der Waals surface area contributed by atoms with E-state index in [0.29, 0.717) is 0 Å². The molecule has 0 saturated heterocycles. The third-order valence-corrected chi connectivity index (χ3v) is 3.43. The van der Waals surface area contributed by atoms with Crippen LogP contribution in [0.3, 0.4) is 0 Å². The number of rotatable bonds is 4. The van der Waals surface area contributed by atoms with Crippen molar-refractivity contribution >= 4 is 23.1 Å². The van der Waals surface area contributed by atoms with E-state index in [1.54, 1.807) is 6.08 Å². The summed E-state index contributed by atoms with van der Waals surface area (Å²) in [4.78, 5) is 18.4. The zero-order valence-electron chi connectivity index (χ0n) is 11.9. The first kappa shape index (κ1) is 14.0. The van der Waals surface area contributed by atoms with Crippen LogP contribution >= 0.6 is 0 Å². The van der Waals surface area contributed by atoms with Gasteiger partial charge in [-0.25, -0.2) is 14.3 Å². The number of aromatic nitrogens is 2. The summed E-state index contributed by atoms with van der Waals surface area (Å²) in [6.45, 7) is 0.777. The van der Waals surface area contributed by atoms with Crippen LogP contribution in [-0.4, -0.2) is 11.0 Å². The highest BCUT2D eigenvalue weighted by Crippen LogP contribution is 2.13. The molecule has 3 aromatic rings. The number of nitrogens with two attached hydrogens (primary N) is 1. The molecule has 0 radical (unpaired) electrons. The van der Waals surface area contributed by atoms with Crippen LogP contribution in [0, 0.1) is 0 Å². The van der Waals surface area contributed by atoms with Crippen LogP contribution in [0.25, 0.3) is 17.1 Å². The van der Waals surface area contributed by atoms with Gasteiger partial charge in [0.05, 0.1) is 0 Å². The Morgan fingerprint density at radius 2 is 2.05 bits per heavy atom. The smallest absolute Gasteiger partial charge is 0.349 e. The lowest BCUT2D eigenvalue weighted by molar-refractivity contribution is -0.662. The molecular formula is C17H16N3O2+. The number of carbonyl (C=O) groups is 1. The summed E-state index contributed by atoms with van der Waals surface area (Å²) in [7, 11) is 0. The second kappa shape index (κ2) is 6.24. The highest BCUT2D eigenvalue weighted by Gasteiger charge is 2.10.